The summed E-state index contributed by atoms with van der Waals surface area (Å²) in [7, 11) is 0. The van der Waals surface area contributed by atoms with E-state index in [9.17, 15) is 0 Å². The van der Waals surface area contributed by atoms with Crippen molar-refractivity contribution >= 4 is 15.9 Å². The minimum Gasteiger partial charge on any atom is -0.352 e. The van der Waals surface area contributed by atoms with E-state index in [4.69, 9.17) is 18.9 Å². The minimum atomic E-state index is -0.108. The Morgan fingerprint density at radius 2 is 0.906 bits per heavy atom. The van der Waals surface area contributed by atoms with Crippen molar-refractivity contribution in [3.8, 4) is 0 Å². The van der Waals surface area contributed by atoms with E-state index < -0.39 is 0 Å². The van der Waals surface area contributed by atoms with Crippen LogP contribution >= 0.6 is 15.9 Å². The van der Waals surface area contributed by atoms with Crippen molar-refractivity contribution in [1.29, 1.82) is 0 Å². The molecule has 32 heavy (non-hydrogen) atoms. The van der Waals surface area contributed by atoms with Gasteiger partial charge < -0.3 is 18.9 Å². The molecule has 0 amide bonds. The Morgan fingerprint density at radius 3 is 1.16 bits per heavy atom. The highest BCUT2D eigenvalue weighted by Crippen LogP contribution is 2.13. The van der Waals surface area contributed by atoms with Crippen LogP contribution in [-0.4, -0.2) is 44.3 Å². The number of hydrogen-bond donors (Lipinski definition) is 0. The standard InChI is InChI=1S/C14H28O2.C13H25BrO2/c1-5-8-10-15-14(12-13(4)7-3)16-11-9-6-2;1-4-6-8-15-13(10-12(3)11-14)16-9-7-5-2/h14H,4-12H2,1-3H3;13H,3-11H2,1-2H3. The van der Waals surface area contributed by atoms with Gasteiger partial charge >= 0.3 is 0 Å². The molecular weight excluding hydrogens is 468 g/mol. The molecule has 0 atom stereocenters. The molecule has 0 aliphatic heterocycles. The van der Waals surface area contributed by atoms with Crippen LogP contribution in [0.25, 0.3) is 0 Å². The quantitative estimate of drug-likeness (QED) is 0.0619. The maximum absolute atomic E-state index is 5.72. The van der Waals surface area contributed by atoms with Crippen molar-refractivity contribution in [1.82, 2.24) is 0 Å². The molecule has 0 heterocycles. The summed E-state index contributed by atoms with van der Waals surface area (Å²) in [5.74, 6) is 0. The molecule has 0 aliphatic rings. The van der Waals surface area contributed by atoms with E-state index in [1.165, 1.54) is 5.57 Å². The van der Waals surface area contributed by atoms with E-state index in [-0.39, 0.29) is 12.6 Å². The van der Waals surface area contributed by atoms with Gasteiger partial charge in [0.1, 0.15) is 0 Å². The number of rotatable bonds is 22. The fourth-order valence-corrected chi connectivity index (χ4v) is 2.67. The minimum absolute atomic E-state index is 0.0782. The maximum atomic E-state index is 5.72. The zero-order valence-corrected chi connectivity index (χ0v) is 23.5. The molecule has 192 valence electrons. The number of ether oxygens (including phenoxy) is 4. The van der Waals surface area contributed by atoms with Gasteiger partial charge in [0.25, 0.3) is 0 Å². The Morgan fingerprint density at radius 1 is 0.594 bits per heavy atom. The topological polar surface area (TPSA) is 36.9 Å². The lowest BCUT2D eigenvalue weighted by atomic mass is 10.1. The normalized spacial score (nSPS) is 11.0. The Labute approximate surface area is 208 Å². The summed E-state index contributed by atoms with van der Waals surface area (Å²) in [5, 5.41) is 0.817. The molecule has 0 saturated carbocycles. The van der Waals surface area contributed by atoms with Crippen molar-refractivity contribution in [2.45, 2.75) is 118 Å². The molecule has 0 spiro atoms. The van der Waals surface area contributed by atoms with Gasteiger partial charge in [-0.1, -0.05) is 101 Å². The predicted molar refractivity (Wildman–Crippen MR) is 143 cm³/mol. The van der Waals surface area contributed by atoms with Crippen LogP contribution in [0.3, 0.4) is 0 Å². The van der Waals surface area contributed by atoms with Crippen LogP contribution in [0.5, 0.6) is 0 Å². The lowest BCUT2D eigenvalue weighted by Crippen LogP contribution is -2.19. The summed E-state index contributed by atoms with van der Waals surface area (Å²) in [4.78, 5) is 0. The molecule has 4 nitrogen and oxygen atoms in total. The van der Waals surface area contributed by atoms with Gasteiger partial charge in [-0.05, 0) is 32.1 Å². The van der Waals surface area contributed by atoms with Gasteiger partial charge in [0.05, 0.1) is 0 Å². The van der Waals surface area contributed by atoms with Crippen molar-refractivity contribution in [3.63, 3.8) is 0 Å². The number of halogens is 1. The lowest BCUT2D eigenvalue weighted by molar-refractivity contribution is -0.142. The van der Waals surface area contributed by atoms with Gasteiger partial charge in [-0.15, -0.1) is 0 Å². The van der Waals surface area contributed by atoms with Crippen LogP contribution < -0.4 is 0 Å². The molecule has 0 aromatic heterocycles. The van der Waals surface area contributed by atoms with Crippen molar-refractivity contribution in [2.24, 2.45) is 0 Å². The van der Waals surface area contributed by atoms with E-state index in [1.54, 1.807) is 0 Å². The van der Waals surface area contributed by atoms with Gasteiger partial charge in [-0.3, -0.25) is 0 Å². The molecule has 0 aliphatic carbocycles. The maximum Gasteiger partial charge on any atom is 0.161 e. The van der Waals surface area contributed by atoms with Crippen LogP contribution in [0.2, 0.25) is 0 Å². The summed E-state index contributed by atoms with van der Waals surface area (Å²) in [6.45, 7) is 21.9. The first-order valence-corrected chi connectivity index (χ1v) is 14.0. The Hall–Kier alpha value is -0.200. The average Bonchev–Trinajstić information content (AvgIpc) is 2.79. The fraction of sp³-hybridized carbons (Fsp3) is 0.852. The second-order valence-electron chi connectivity index (χ2n) is 8.15. The van der Waals surface area contributed by atoms with Crippen molar-refractivity contribution in [2.75, 3.05) is 31.8 Å². The second kappa shape index (κ2) is 27.0. The number of hydrogen-bond acceptors (Lipinski definition) is 4. The van der Waals surface area contributed by atoms with Crippen LogP contribution in [0.15, 0.2) is 24.3 Å². The third-order valence-electron chi connectivity index (χ3n) is 4.81. The molecule has 5 heteroatoms. The van der Waals surface area contributed by atoms with Gasteiger partial charge in [-0.2, -0.15) is 0 Å². The molecular formula is C27H53BrO4. The van der Waals surface area contributed by atoms with Crippen LogP contribution in [0, 0.1) is 0 Å². The van der Waals surface area contributed by atoms with E-state index in [1.807, 2.05) is 0 Å². The highest BCUT2D eigenvalue weighted by atomic mass is 79.9. The molecule has 0 radical (unpaired) electrons. The van der Waals surface area contributed by atoms with E-state index in [0.29, 0.717) is 0 Å². The van der Waals surface area contributed by atoms with Gasteiger partial charge in [0.2, 0.25) is 0 Å². The lowest BCUT2D eigenvalue weighted by Gasteiger charge is -2.19. The summed E-state index contributed by atoms with van der Waals surface area (Å²) in [5.41, 5.74) is 2.33. The third-order valence-corrected chi connectivity index (χ3v) is 5.60. The van der Waals surface area contributed by atoms with E-state index in [0.717, 1.165) is 108 Å². The van der Waals surface area contributed by atoms with Crippen LogP contribution in [-0.2, 0) is 18.9 Å². The van der Waals surface area contributed by atoms with Crippen LogP contribution in [0.1, 0.15) is 105 Å². The summed E-state index contributed by atoms with van der Waals surface area (Å²) < 4.78 is 22.8. The van der Waals surface area contributed by atoms with Gasteiger partial charge in [-0.25, -0.2) is 0 Å². The summed E-state index contributed by atoms with van der Waals surface area (Å²) in [6, 6.07) is 0. The van der Waals surface area contributed by atoms with Gasteiger partial charge in [0.15, 0.2) is 12.6 Å². The summed E-state index contributed by atoms with van der Waals surface area (Å²) >= 11 is 3.40. The third kappa shape index (κ3) is 24.4. The van der Waals surface area contributed by atoms with Crippen molar-refractivity contribution in [3.05, 3.63) is 24.3 Å². The fourth-order valence-electron chi connectivity index (χ4n) is 2.44. The SMILES string of the molecule is C=C(CBr)CC(OCCCC)OCCCC.C=C(CC)CC(OCCCC)OCCCC. The second-order valence-corrected chi connectivity index (χ2v) is 8.71. The van der Waals surface area contributed by atoms with Crippen molar-refractivity contribution < 1.29 is 18.9 Å². The Balaban J connectivity index is 0. The summed E-state index contributed by atoms with van der Waals surface area (Å²) in [6.07, 6.45) is 11.5. The Kier molecular flexibility index (Phi) is 28.7. The first-order valence-electron chi connectivity index (χ1n) is 12.8. The van der Waals surface area contributed by atoms with Crippen LogP contribution in [0.4, 0.5) is 0 Å². The van der Waals surface area contributed by atoms with E-state index in [2.05, 4.69) is 63.7 Å². The highest BCUT2D eigenvalue weighted by molar-refractivity contribution is 9.09. The first kappa shape index (κ1) is 34.0. The first-order chi connectivity index (χ1) is 15.5. The number of unbranched alkanes of at least 4 members (excludes halogenated alkanes) is 4. The zero-order chi connectivity index (χ0) is 24.5. The molecule has 0 aromatic carbocycles. The van der Waals surface area contributed by atoms with Gasteiger partial charge in [0, 0.05) is 44.6 Å². The largest absolute Gasteiger partial charge is 0.352 e. The molecule has 0 aromatic rings. The Bertz CT molecular complexity index is 356. The molecule has 0 unspecified atom stereocenters. The predicted octanol–water partition coefficient (Wildman–Crippen LogP) is 8.59. The smallest absolute Gasteiger partial charge is 0.161 e. The monoisotopic (exact) mass is 520 g/mol. The molecule has 0 N–H and O–H groups in total. The molecule has 0 fully saturated rings. The number of alkyl halides is 1. The van der Waals surface area contributed by atoms with E-state index >= 15 is 0 Å². The average molecular weight is 522 g/mol. The zero-order valence-electron chi connectivity index (χ0n) is 21.9. The molecule has 0 rings (SSSR count). The molecule has 0 saturated heterocycles. The highest BCUT2D eigenvalue weighted by Gasteiger charge is 2.11. The molecule has 0 bridgehead atoms.